The van der Waals surface area contributed by atoms with Gasteiger partial charge in [0.05, 0.1) is 4.88 Å². The van der Waals surface area contributed by atoms with Gasteiger partial charge in [-0.1, -0.05) is 0 Å². The van der Waals surface area contributed by atoms with E-state index in [9.17, 15) is 9.90 Å². The lowest BCUT2D eigenvalue weighted by Gasteiger charge is -2.36. The maximum atomic E-state index is 12.8. The number of hydrogen-bond donors (Lipinski definition) is 2. The molecule has 1 atom stereocenters. The third-order valence-corrected chi connectivity index (χ3v) is 6.21. The number of carbonyl (C=O) groups is 1. The molecule has 0 spiro atoms. The molecule has 0 bridgehead atoms. The molecule has 4 rings (SSSR count). The molecule has 0 aliphatic carbocycles. The highest BCUT2D eigenvalue weighted by Crippen LogP contribution is 2.30. The second-order valence-corrected chi connectivity index (χ2v) is 7.76. The van der Waals surface area contributed by atoms with Crippen molar-refractivity contribution in [2.45, 2.75) is 18.9 Å². The number of anilines is 1. The van der Waals surface area contributed by atoms with Crippen molar-refractivity contribution in [3.8, 4) is 5.75 Å². The first kappa shape index (κ1) is 16.4. The summed E-state index contributed by atoms with van der Waals surface area (Å²) >= 11 is 1.64. The second kappa shape index (κ2) is 7.06. The van der Waals surface area contributed by atoms with Crippen molar-refractivity contribution in [2.75, 3.05) is 37.6 Å². The molecule has 1 unspecified atom stereocenters. The molecule has 2 aromatic rings. The molecule has 2 N–H and O–H groups in total. The van der Waals surface area contributed by atoms with Crippen molar-refractivity contribution in [3.05, 3.63) is 46.2 Å². The van der Waals surface area contributed by atoms with Crippen molar-refractivity contribution in [1.29, 1.82) is 0 Å². The predicted molar refractivity (Wildman–Crippen MR) is 101 cm³/mol. The topological polar surface area (TPSA) is 55.8 Å². The number of piperazine rings is 1. The number of phenols is 1. The Balaban J connectivity index is 1.37. The fraction of sp³-hybridized carbons (Fsp3) is 0.421. The molecule has 0 saturated carbocycles. The maximum Gasteiger partial charge on any atom is 0.264 e. The summed E-state index contributed by atoms with van der Waals surface area (Å²) in [5.41, 5.74) is 1.09. The molecule has 0 radical (unpaired) electrons. The summed E-state index contributed by atoms with van der Waals surface area (Å²) < 4.78 is 0. The summed E-state index contributed by atoms with van der Waals surface area (Å²) in [5.74, 6) is 0.433. The lowest BCUT2D eigenvalue weighted by atomic mass is 10.2. The zero-order valence-electron chi connectivity index (χ0n) is 14.1. The van der Waals surface area contributed by atoms with Crippen LogP contribution in [-0.4, -0.2) is 48.6 Å². The van der Waals surface area contributed by atoms with Gasteiger partial charge in [-0.15, -0.1) is 11.3 Å². The van der Waals surface area contributed by atoms with Crippen molar-refractivity contribution < 1.29 is 9.90 Å². The van der Waals surface area contributed by atoms with E-state index in [1.807, 2.05) is 23.1 Å². The molecule has 5 nitrogen and oxygen atoms in total. The molecule has 1 aromatic carbocycles. The van der Waals surface area contributed by atoms with E-state index in [1.54, 1.807) is 23.5 Å². The zero-order chi connectivity index (χ0) is 17.2. The summed E-state index contributed by atoms with van der Waals surface area (Å²) in [6.07, 6.45) is 2.38. The van der Waals surface area contributed by atoms with E-state index in [-0.39, 0.29) is 11.7 Å². The van der Waals surface area contributed by atoms with Crippen molar-refractivity contribution in [3.63, 3.8) is 0 Å². The Morgan fingerprint density at radius 1 is 1.08 bits per heavy atom. The van der Waals surface area contributed by atoms with Crippen LogP contribution in [0.25, 0.3) is 0 Å². The Morgan fingerprint density at radius 3 is 2.52 bits per heavy atom. The van der Waals surface area contributed by atoms with Crippen LogP contribution in [0.15, 0.2) is 36.4 Å². The molecule has 1 amide bonds. The smallest absolute Gasteiger partial charge is 0.264 e. The van der Waals surface area contributed by atoms with Gasteiger partial charge in [0.15, 0.2) is 0 Å². The average molecular weight is 357 g/mol. The van der Waals surface area contributed by atoms with Gasteiger partial charge >= 0.3 is 0 Å². The molecule has 2 fully saturated rings. The summed E-state index contributed by atoms with van der Waals surface area (Å²) in [4.78, 5) is 19.1. The monoisotopic (exact) mass is 357 g/mol. The molecular weight excluding hydrogens is 334 g/mol. The van der Waals surface area contributed by atoms with Crippen molar-refractivity contribution in [2.24, 2.45) is 0 Å². The third kappa shape index (κ3) is 3.50. The van der Waals surface area contributed by atoms with E-state index in [1.165, 1.54) is 17.7 Å². The minimum absolute atomic E-state index is 0.152. The quantitative estimate of drug-likeness (QED) is 0.887. The van der Waals surface area contributed by atoms with Gasteiger partial charge in [-0.25, -0.2) is 0 Å². The molecule has 2 aliphatic rings. The number of phenolic OH excluding ortho intramolecular Hbond substituents is 1. The van der Waals surface area contributed by atoms with Gasteiger partial charge in [0.25, 0.3) is 5.91 Å². The largest absolute Gasteiger partial charge is 0.508 e. The van der Waals surface area contributed by atoms with Crippen LogP contribution < -0.4 is 10.2 Å². The number of thiophene rings is 1. The summed E-state index contributed by atoms with van der Waals surface area (Å²) in [7, 11) is 0. The van der Waals surface area contributed by atoms with Crippen LogP contribution in [-0.2, 0) is 0 Å². The fourth-order valence-corrected chi connectivity index (χ4v) is 4.66. The number of nitrogens with zero attached hydrogens (tertiary/aromatic N) is 2. The Bertz CT molecular complexity index is 729. The molecule has 6 heteroatoms. The lowest BCUT2D eigenvalue weighted by Crippen LogP contribution is -2.48. The SMILES string of the molecule is O=C(c1ccc(C2CCCN2)s1)N1CCN(c2ccc(O)cc2)CC1. The van der Waals surface area contributed by atoms with Gasteiger partial charge in [0.2, 0.25) is 0 Å². The fourth-order valence-electron chi connectivity index (χ4n) is 3.57. The lowest BCUT2D eigenvalue weighted by molar-refractivity contribution is 0.0751. The molecular formula is C19H23N3O2S. The van der Waals surface area contributed by atoms with Crippen LogP contribution in [0.4, 0.5) is 5.69 Å². The van der Waals surface area contributed by atoms with E-state index < -0.39 is 0 Å². The standard InChI is InChI=1S/C19H23N3O2S/c23-15-5-3-14(4-6-15)21-10-12-22(13-11-21)19(24)18-8-7-17(25-18)16-2-1-9-20-16/h3-8,16,20,23H,1-2,9-13H2. The zero-order valence-corrected chi connectivity index (χ0v) is 15.0. The summed E-state index contributed by atoms with van der Waals surface area (Å²) in [5, 5.41) is 12.9. The first-order valence-corrected chi connectivity index (χ1v) is 9.69. The first-order valence-electron chi connectivity index (χ1n) is 8.87. The summed E-state index contributed by atoms with van der Waals surface area (Å²) in [6.45, 7) is 4.17. The minimum atomic E-state index is 0.152. The normalized spacial score (nSPS) is 20.9. The predicted octanol–water partition coefficient (Wildman–Crippen LogP) is 2.84. The third-order valence-electron chi connectivity index (χ3n) is 5.02. The Hall–Kier alpha value is -2.05. The van der Waals surface area contributed by atoms with Gasteiger partial charge in [-0.05, 0) is 55.8 Å². The van der Waals surface area contributed by atoms with Gasteiger partial charge in [0.1, 0.15) is 5.75 Å². The van der Waals surface area contributed by atoms with Crippen LogP contribution >= 0.6 is 11.3 Å². The number of carbonyl (C=O) groups excluding carboxylic acids is 1. The Morgan fingerprint density at radius 2 is 1.84 bits per heavy atom. The highest BCUT2D eigenvalue weighted by Gasteiger charge is 2.25. The second-order valence-electron chi connectivity index (χ2n) is 6.65. The number of hydrogen-bond acceptors (Lipinski definition) is 5. The maximum absolute atomic E-state index is 12.8. The number of nitrogens with one attached hydrogen (secondary N) is 1. The van der Waals surface area contributed by atoms with E-state index in [4.69, 9.17) is 0 Å². The molecule has 3 heterocycles. The highest BCUT2D eigenvalue weighted by molar-refractivity contribution is 7.14. The molecule has 2 aliphatic heterocycles. The highest BCUT2D eigenvalue weighted by atomic mass is 32.1. The van der Waals surface area contributed by atoms with Gasteiger partial charge in [-0.2, -0.15) is 0 Å². The number of benzene rings is 1. The van der Waals surface area contributed by atoms with E-state index >= 15 is 0 Å². The van der Waals surface area contributed by atoms with Crippen LogP contribution in [0, 0.1) is 0 Å². The van der Waals surface area contributed by atoms with Crippen LogP contribution in [0.5, 0.6) is 5.75 Å². The number of rotatable bonds is 3. The number of aromatic hydroxyl groups is 1. The van der Waals surface area contributed by atoms with E-state index in [0.717, 1.165) is 43.3 Å². The van der Waals surface area contributed by atoms with Crippen LogP contribution in [0.1, 0.15) is 33.4 Å². The average Bonchev–Trinajstić information content (AvgIpc) is 3.33. The summed E-state index contributed by atoms with van der Waals surface area (Å²) in [6, 6.07) is 11.8. The number of amides is 1. The van der Waals surface area contributed by atoms with Crippen molar-refractivity contribution >= 4 is 22.9 Å². The minimum Gasteiger partial charge on any atom is -0.508 e. The molecule has 25 heavy (non-hydrogen) atoms. The van der Waals surface area contributed by atoms with Gasteiger partial charge in [-0.3, -0.25) is 4.79 Å². The van der Waals surface area contributed by atoms with E-state index in [0.29, 0.717) is 6.04 Å². The molecule has 132 valence electrons. The Labute approximate surface area is 151 Å². The van der Waals surface area contributed by atoms with Crippen molar-refractivity contribution in [1.82, 2.24) is 10.2 Å². The van der Waals surface area contributed by atoms with Crippen LogP contribution in [0.3, 0.4) is 0 Å². The van der Waals surface area contributed by atoms with Gasteiger partial charge < -0.3 is 20.2 Å². The first-order chi connectivity index (χ1) is 12.2. The van der Waals surface area contributed by atoms with E-state index in [2.05, 4.69) is 16.3 Å². The Kier molecular flexibility index (Phi) is 4.63. The van der Waals surface area contributed by atoms with Crippen LogP contribution in [0.2, 0.25) is 0 Å². The molecule has 2 saturated heterocycles. The molecule has 1 aromatic heterocycles. The van der Waals surface area contributed by atoms with Gasteiger partial charge in [0, 0.05) is 42.8 Å².